The lowest BCUT2D eigenvalue weighted by Gasteiger charge is -2.55. The monoisotopic (exact) mass is 304 g/mol. The minimum absolute atomic E-state index is 0.0147. The number of rotatable bonds is 4. The maximum absolute atomic E-state index is 13.1. The average molecular weight is 304 g/mol. The first-order chi connectivity index (χ1) is 10.5. The second-order valence-electron chi connectivity index (χ2n) is 9.21. The molecule has 124 valence electrons. The zero-order chi connectivity index (χ0) is 15.4. The Balaban J connectivity index is 1.44. The van der Waals surface area contributed by atoms with Gasteiger partial charge in [0.05, 0.1) is 0 Å². The predicted molar refractivity (Wildman–Crippen MR) is 88.5 cm³/mol. The van der Waals surface area contributed by atoms with Gasteiger partial charge in [0, 0.05) is 17.5 Å². The molecule has 5 aliphatic carbocycles. The summed E-state index contributed by atoms with van der Waals surface area (Å²) >= 11 is 0. The molecule has 4 bridgehead atoms. The number of nitrogens with zero attached hydrogens (tertiary/aromatic N) is 1. The molecule has 0 spiro atoms. The zero-order valence-corrected chi connectivity index (χ0v) is 14.4. The average Bonchev–Trinajstić information content (AvgIpc) is 2.93. The van der Waals surface area contributed by atoms with Gasteiger partial charge in [-0.3, -0.25) is 4.79 Å². The number of carbonyl (C=O) groups is 1. The number of hydrogen-bond acceptors (Lipinski definition) is 2. The highest BCUT2D eigenvalue weighted by atomic mass is 16.2. The molecule has 3 nitrogen and oxygen atoms in total. The molecule has 22 heavy (non-hydrogen) atoms. The van der Waals surface area contributed by atoms with Gasteiger partial charge in [-0.05, 0) is 83.2 Å². The van der Waals surface area contributed by atoms with Gasteiger partial charge in [0.25, 0.3) is 0 Å². The molecule has 0 radical (unpaired) electrons. The second kappa shape index (κ2) is 5.22. The summed E-state index contributed by atoms with van der Waals surface area (Å²) in [6.45, 7) is 0.862. The molecule has 0 aromatic rings. The minimum atomic E-state index is 0.0147. The SMILES string of the molecule is CN(C)C1(CNC(=O)C23CC4CC(CC(C4)C2)C3)CCCC1. The van der Waals surface area contributed by atoms with Crippen molar-refractivity contribution in [3.8, 4) is 0 Å². The van der Waals surface area contributed by atoms with Crippen molar-refractivity contribution < 1.29 is 4.79 Å². The van der Waals surface area contributed by atoms with Gasteiger partial charge in [-0.1, -0.05) is 12.8 Å². The van der Waals surface area contributed by atoms with E-state index in [2.05, 4.69) is 24.3 Å². The molecule has 5 aliphatic rings. The molecular weight excluding hydrogens is 272 g/mol. The van der Waals surface area contributed by atoms with E-state index < -0.39 is 0 Å². The van der Waals surface area contributed by atoms with Gasteiger partial charge in [0.15, 0.2) is 0 Å². The smallest absolute Gasteiger partial charge is 0.226 e. The number of likely N-dealkylation sites (N-methyl/N-ethyl adjacent to an activating group) is 1. The van der Waals surface area contributed by atoms with Crippen molar-refractivity contribution in [2.45, 2.75) is 69.7 Å². The van der Waals surface area contributed by atoms with Crippen LogP contribution in [0, 0.1) is 23.2 Å². The summed E-state index contributed by atoms with van der Waals surface area (Å²) < 4.78 is 0. The lowest BCUT2D eigenvalue weighted by atomic mass is 9.49. The summed E-state index contributed by atoms with van der Waals surface area (Å²) in [6, 6.07) is 0. The highest BCUT2D eigenvalue weighted by Crippen LogP contribution is 2.60. The third kappa shape index (κ3) is 2.31. The summed E-state index contributed by atoms with van der Waals surface area (Å²) in [4.78, 5) is 15.4. The van der Waals surface area contributed by atoms with Crippen LogP contribution in [0.5, 0.6) is 0 Å². The molecule has 0 atom stereocenters. The molecule has 0 unspecified atom stereocenters. The Hall–Kier alpha value is -0.570. The number of hydrogen-bond donors (Lipinski definition) is 1. The molecule has 5 saturated carbocycles. The normalized spacial score (nSPS) is 42.0. The maximum atomic E-state index is 13.1. The van der Waals surface area contributed by atoms with Gasteiger partial charge in [0.1, 0.15) is 0 Å². The molecule has 0 aromatic carbocycles. The number of nitrogens with one attached hydrogen (secondary N) is 1. The zero-order valence-electron chi connectivity index (χ0n) is 14.4. The van der Waals surface area contributed by atoms with Gasteiger partial charge in [-0.2, -0.15) is 0 Å². The lowest BCUT2D eigenvalue weighted by Crippen LogP contribution is -2.57. The Morgan fingerprint density at radius 1 is 1.00 bits per heavy atom. The quantitative estimate of drug-likeness (QED) is 0.865. The van der Waals surface area contributed by atoms with Gasteiger partial charge in [-0.15, -0.1) is 0 Å². The molecule has 0 saturated heterocycles. The fraction of sp³-hybridized carbons (Fsp3) is 0.947. The van der Waals surface area contributed by atoms with E-state index >= 15 is 0 Å². The van der Waals surface area contributed by atoms with Crippen molar-refractivity contribution in [1.29, 1.82) is 0 Å². The molecule has 5 fully saturated rings. The maximum Gasteiger partial charge on any atom is 0.226 e. The summed E-state index contributed by atoms with van der Waals surface area (Å²) in [6.07, 6.45) is 12.9. The van der Waals surface area contributed by atoms with E-state index in [1.807, 2.05) is 0 Å². The van der Waals surface area contributed by atoms with E-state index in [1.165, 1.54) is 64.2 Å². The van der Waals surface area contributed by atoms with Crippen molar-refractivity contribution in [3.05, 3.63) is 0 Å². The van der Waals surface area contributed by atoms with Crippen LogP contribution >= 0.6 is 0 Å². The summed E-state index contributed by atoms with van der Waals surface area (Å²) in [5.41, 5.74) is 0.235. The summed E-state index contributed by atoms with van der Waals surface area (Å²) in [7, 11) is 4.37. The molecule has 1 amide bonds. The van der Waals surface area contributed by atoms with E-state index in [4.69, 9.17) is 0 Å². The van der Waals surface area contributed by atoms with E-state index in [-0.39, 0.29) is 11.0 Å². The van der Waals surface area contributed by atoms with Gasteiger partial charge in [0.2, 0.25) is 5.91 Å². The first-order valence-electron chi connectivity index (χ1n) is 9.47. The third-order valence-corrected chi connectivity index (χ3v) is 7.58. The van der Waals surface area contributed by atoms with Crippen molar-refractivity contribution in [3.63, 3.8) is 0 Å². The van der Waals surface area contributed by atoms with Gasteiger partial charge in [-0.25, -0.2) is 0 Å². The molecular formula is C19H32N2O. The molecule has 0 aromatic heterocycles. The highest BCUT2D eigenvalue weighted by molar-refractivity contribution is 5.83. The van der Waals surface area contributed by atoms with E-state index in [0.717, 1.165) is 24.3 Å². The van der Waals surface area contributed by atoms with Crippen molar-refractivity contribution >= 4 is 5.91 Å². The van der Waals surface area contributed by atoms with Crippen LogP contribution < -0.4 is 5.32 Å². The van der Waals surface area contributed by atoms with Crippen LogP contribution in [0.3, 0.4) is 0 Å². The van der Waals surface area contributed by atoms with E-state index in [0.29, 0.717) is 5.91 Å². The topological polar surface area (TPSA) is 32.3 Å². The number of amides is 1. The van der Waals surface area contributed by atoms with Crippen LogP contribution in [-0.4, -0.2) is 37.0 Å². The predicted octanol–water partition coefficient (Wildman–Crippen LogP) is 3.19. The van der Waals surface area contributed by atoms with Crippen LogP contribution in [0.15, 0.2) is 0 Å². The van der Waals surface area contributed by atoms with Crippen LogP contribution in [0.25, 0.3) is 0 Å². The van der Waals surface area contributed by atoms with E-state index in [1.54, 1.807) is 0 Å². The van der Waals surface area contributed by atoms with E-state index in [9.17, 15) is 4.79 Å². The Morgan fingerprint density at radius 2 is 1.50 bits per heavy atom. The molecule has 0 heterocycles. The molecule has 5 rings (SSSR count). The fourth-order valence-electron chi connectivity index (χ4n) is 6.64. The fourth-order valence-corrected chi connectivity index (χ4v) is 6.64. The second-order valence-corrected chi connectivity index (χ2v) is 9.21. The van der Waals surface area contributed by atoms with Gasteiger partial charge >= 0.3 is 0 Å². The van der Waals surface area contributed by atoms with Crippen molar-refractivity contribution in [2.24, 2.45) is 23.2 Å². The van der Waals surface area contributed by atoms with Crippen LogP contribution in [0.4, 0.5) is 0 Å². The molecule has 0 aliphatic heterocycles. The summed E-state index contributed by atoms with van der Waals surface area (Å²) in [5.74, 6) is 2.96. The number of carbonyl (C=O) groups excluding carboxylic acids is 1. The Bertz CT molecular complexity index is 415. The summed E-state index contributed by atoms with van der Waals surface area (Å²) in [5, 5.41) is 3.42. The third-order valence-electron chi connectivity index (χ3n) is 7.58. The Labute approximate surface area is 135 Å². The van der Waals surface area contributed by atoms with Crippen LogP contribution in [0.1, 0.15) is 64.2 Å². The highest BCUT2D eigenvalue weighted by Gasteiger charge is 2.54. The Kier molecular flexibility index (Phi) is 3.56. The largest absolute Gasteiger partial charge is 0.354 e. The minimum Gasteiger partial charge on any atom is -0.354 e. The molecule has 3 heteroatoms. The standard InChI is InChI=1S/C19H32N2O/c1-21(2)19(5-3-4-6-19)13-20-17(22)18-10-14-7-15(11-18)9-16(8-14)12-18/h14-16H,3-13H2,1-2H3,(H,20,22). The Morgan fingerprint density at radius 3 is 1.95 bits per heavy atom. The first kappa shape index (κ1) is 15.0. The van der Waals surface area contributed by atoms with Crippen LogP contribution in [-0.2, 0) is 4.79 Å². The lowest BCUT2D eigenvalue weighted by molar-refractivity contribution is -0.146. The molecule has 1 N–H and O–H groups in total. The first-order valence-corrected chi connectivity index (χ1v) is 9.47. The van der Waals surface area contributed by atoms with Gasteiger partial charge < -0.3 is 10.2 Å². The van der Waals surface area contributed by atoms with Crippen molar-refractivity contribution in [1.82, 2.24) is 10.2 Å². The van der Waals surface area contributed by atoms with Crippen LogP contribution in [0.2, 0.25) is 0 Å². The van der Waals surface area contributed by atoms with Crippen molar-refractivity contribution in [2.75, 3.05) is 20.6 Å².